The highest BCUT2D eigenvalue weighted by Crippen LogP contribution is 2.41. The molecular formula is C32H36O7S. The fourth-order valence-electron chi connectivity index (χ4n) is 5.70. The maximum absolute atomic E-state index is 11.5. The molecule has 212 valence electrons. The van der Waals surface area contributed by atoms with E-state index in [1.807, 2.05) is 24.3 Å². The Morgan fingerprint density at radius 1 is 1.05 bits per heavy atom. The van der Waals surface area contributed by atoms with E-state index in [9.17, 15) is 13.2 Å². The summed E-state index contributed by atoms with van der Waals surface area (Å²) < 4.78 is 45.6. The molecule has 0 saturated heterocycles. The van der Waals surface area contributed by atoms with Crippen molar-refractivity contribution in [3.8, 4) is 28.4 Å². The van der Waals surface area contributed by atoms with Crippen LogP contribution in [-0.4, -0.2) is 46.7 Å². The molecule has 3 aromatic rings. The van der Waals surface area contributed by atoms with Crippen LogP contribution in [-0.2, 0) is 38.8 Å². The van der Waals surface area contributed by atoms with E-state index < -0.39 is 9.84 Å². The maximum Gasteiger partial charge on any atom is 0.305 e. The van der Waals surface area contributed by atoms with Crippen LogP contribution in [0.4, 0.5) is 0 Å². The standard InChI is InChI=1S/C32H36O7S/c1-21-16-26(37-14-5-15-40(3,34)35)17-22-8-11-27-23(6-4-7-29(27)32(21)22)19-38-25-10-12-28-24(9-13-31(33)36-2)20-39-30(28)18-25/h4,6-7,10,12,16-18,24H,5,8-9,11,13-15,19-20H2,1-3H3/t24-/m1/s1. The molecule has 0 spiro atoms. The van der Waals surface area contributed by atoms with Crippen LogP contribution < -0.4 is 14.2 Å². The number of benzene rings is 3. The van der Waals surface area contributed by atoms with E-state index in [4.69, 9.17) is 18.9 Å². The average Bonchev–Trinajstić information content (AvgIpc) is 3.34. The van der Waals surface area contributed by atoms with Gasteiger partial charge < -0.3 is 18.9 Å². The third-order valence-electron chi connectivity index (χ3n) is 7.69. The lowest BCUT2D eigenvalue weighted by atomic mass is 9.81. The Morgan fingerprint density at radius 3 is 2.70 bits per heavy atom. The molecule has 0 fully saturated rings. The normalized spacial score (nSPS) is 15.4. The zero-order chi connectivity index (χ0) is 28.3. The summed E-state index contributed by atoms with van der Waals surface area (Å²) in [5.41, 5.74) is 8.46. The van der Waals surface area contributed by atoms with Crippen molar-refractivity contribution in [2.75, 3.05) is 32.3 Å². The van der Waals surface area contributed by atoms with Crippen LogP contribution in [0.15, 0.2) is 48.5 Å². The molecule has 1 heterocycles. The molecule has 1 atom stereocenters. The first-order valence-corrected chi connectivity index (χ1v) is 15.8. The van der Waals surface area contributed by atoms with E-state index in [-0.39, 0.29) is 17.6 Å². The van der Waals surface area contributed by atoms with Crippen molar-refractivity contribution in [3.63, 3.8) is 0 Å². The number of hydrogen-bond acceptors (Lipinski definition) is 7. The largest absolute Gasteiger partial charge is 0.494 e. The average molecular weight is 565 g/mol. The van der Waals surface area contributed by atoms with E-state index in [0.717, 1.165) is 41.2 Å². The number of aryl methyl sites for hydroxylation is 2. The van der Waals surface area contributed by atoms with Gasteiger partial charge >= 0.3 is 5.97 Å². The minimum absolute atomic E-state index is 0.130. The van der Waals surface area contributed by atoms with E-state index in [1.54, 1.807) is 0 Å². The Labute approximate surface area is 236 Å². The van der Waals surface area contributed by atoms with Crippen LogP contribution in [0.25, 0.3) is 11.1 Å². The number of esters is 1. The smallest absolute Gasteiger partial charge is 0.305 e. The van der Waals surface area contributed by atoms with Crippen molar-refractivity contribution >= 4 is 15.8 Å². The monoisotopic (exact) mass is 564 g/mol. The number of carbonyl (C=O) groups is 1. The van der Waals surface area contributed by atoms with Crippen molar-refractivity contribution < 1.29 is 32.2 Å². The number of rotatable bonds is 11. The number of sulfone groups is 1. The van der Waals surface area contributed by atoms with Crippen LogP contribution in [0, 0.1) is 6.92 Å². The molecule has 0 radical (unpaired) electrons. The number of ether oxygens (including phenoxy) is 4. The SMILES string of the molecule is COC(=O)CC[C@@H]1COc2cc(OCc3cccc4c3CCc3cc(OCCCS(C)(=O)=O)cc(C)c3-4)ccc21. The summed E-state index contributed by atoms with van der Waals surface area (Å²) in [6.07, 6.45) is 4.62. The molecular weight excluding hydrogens is 528 g/mol. The summed E-state index contributed by atoms with van der Waals surface area (Å²) in [7, 11) is -1.57. The zero-order valence-corrected chi connectivity index (χ0v) is 24.1. The second-order valence-electron chi connectivity index (χ2n) is 10.7. The van der Waals surface area contributed by atoms with Gasteiger partial charge in [-0.1, -0.05) is 24.3 Å². The van der Waals surface area contributed by atoms with Crippen LogP contribution in [0.5, 0.6) is 17.2 Å². The van der Waals surface area contributed by atoms with Gasteiger partial charge in [0, 0.05) is 30.2 Å². The van der Waals surface area contributed by atoms with E-state index in [2.05, 4.69) is 31.2 Å². The maximum atomic E-state index is 11.5. The first-order chi connectivity index (χ1) is 19.2. The molecule has 3 aromatic carbocycles. The lowest BCUT2D eigenvalue weighted by molar-refractivity contribution is -0.140. The molecule has 0 amide bonds. The molecule has 1 aliphatic carbocycles. The molecule has 8 heteroatoms. The van der Waals surface area contributed by atoms with E-state index in [1.165, 1.54) is 41.2 Å². The van der Waals surface area contributed by atoms with E-state index in [0.29, 0.717) is 39.1 Å². The fourth-order valence-corrected chi connectivity index (χ4v) is 6.34. The van der Waals surface area contributed by atoms with Crippen molar-refractivity contribution in [2.24, 2.45) is 0 Å². The molecule has 0 unspecified atom stereocenters. The number of fused-ring (bicyclic) bond motifs is 4. The van der Waals surface area contributed by atoms with Crippen molar-refractivity contribution in [2.45, 2.75) is 51.6 Å². The Balaban J connectivity index is 1.26. The van der Waals surface area contributed by atoms with Crippen LogP contribution in [0.1, 0.15) is 53.0 Å². The van der Waals surface area contributed by atoms with Crippen LogP contribution >= 0.6 is 0 Å². The Kier molecular flexibility index (Phi) is 8.35. The van der Waals surface area contributed by atoms with Gasteiger partial charge in [-0.2, -0.15) is 0 Å². The zero-order valence-electron chi connectivity index (χ0n) is 23.3. The summed E-state index contributed by atoms with van der Waals surface area (Å²) in [6.45, 7) is 3.51. The molecule has 7 nitrogen and oxygen atoms in total. The molecule has 0 N–H and O–H groups in total. The van der Waals surface area contributed by atoms with Gasteiger partial charge in [0.25, 0.3) is 0 Å². The lowest BCUT2D eigenvalue weighted by Crippen LogP contribution is -2.11. The van der Waals surface area contributed by atoms with Gasteiger partial charge in [-0.15, -0.1) is 0 Å². The van der Waals surface area contributed by atoms with Gasteiger partial charge in [0.2, 0.25) is 0 Å². The predicted molar refractivity (Wildman–Crippen MR) is 154 cm³/mol. The van der Waals surface area contributed by atoms with Crippen molar-refractivity contribution in [3.05, 3.63) is 76.3 Å². The quantitative estimate of drug-likeness (QED) is 0.222. The van der Waals surface area contributed by atoms with Gasteiger partial charge in [-0.25, -0.2) is 8.42 Å². The Bertz CT molecular complexity index is 1510. The minimum Gasteiger partial charge on any atom is -0.494 e. The Hall–Kier alpha value is -3.52. The van der Waals surface area contributed by atoms with Gasteiger partial charge in [0.05, 0.1) is 26.1 Å². The first-order valence-electron chi connectivity index (χ1n) is 13.7. The Morgan fingerprint density at radius 2 is 1.90 bits per heavy atom. The first kappa shape index (κ1) is 28.0. The van der Waals surface area contributed by atoms with Gasteiger partial charge in [-0.3, -0.25) is 4.79 Å². The van der Waals surface area contributed by atoms with Crippen molar-refractivity contribution in [1.29, 1.82) is 0 Å². The summed E-state index contributed by atoms with van der Waals surface area (Å²) >= 11 is 0. The summed E-state index contributed by atoms with van der Waals surface area (Å²) in [5.74, 6) is 2.49. The van der Waals surface area contributed by atoms with Gasteiger partial charge in [-0.05, 0) is 84.2 Å². The molecule has 0 saturated carbocycles. The number of carbonyl (C=O) groups excluding carboxylic acids is 1. The van der Waals surface area contributed by atoms with Crippen LogP contribution in [0.3, 0.4) is 0 Å². The number of hydrogen-bond donors (Lipinski definition) is 0. The van der Waals surface area contributed by atoms with Gasteiger partial charge in [0.15, 0.2) is 0 Å². The minimum atomic E-state index is -2.98. The molecule has 1 aliphatic heterocycles. The topological polar surface area (TPSA) is 88.1 Å². The van der Waals surface area contributed by atoms with E-state index >= 15 is 0 Å². The third-order valence-corrected chi connectivity index (χ3v) is 8.72. The molecule has 2 aliphatic rings. The molecule has 0 aromatic heterocycles. The number of methoxy groups -OCH3 is 1. The summed E-state index contributed by atoms with van der Waals surface area (Å²) in [5, 5.41) is 0. The highest BCUT2D eigenvalue weighted by Gasteiger charge is 2.26. The highest BCUT2D eigenvalue weighted by molar-refractivity contribution is 7.90. The molecule has 0 bridgehead atoms. The summed E-state index contributed by atoms with van der Waals surface area (Å²) in [4.78, 5) is 11.5. The van der Waals surface area contributed by atoms with Gasteiger partial charge in [0.1, 0.15) is 33.7 Å². The third kappa shape index (κ3) is 6.44. The summed E-state index contributed by atoms with van der Waals surface area (Å²) in [6, 6.07) is 16.5. The highest BCUT2D eigenvalue weighted by atomic mass is 32.2. The second-order valence-corrected chi connectivity index (χ2v) is 12.9. The van der Waals surface area contributed by atoms with Crippen molar-refractivity contribution in [1.82, 2.24) is 0 Å². The molecule has 5 rings (SSSR count). The second kappa shape index (κ2) is 11.9. The fraction of sp³-hybridized carbons (Fsp3) is 0.406. The predicted octanol–water partition coefficient (Wildman–Crippen LogP) is 5.58. The van der Waals surface area contributed by atoms with Crippen LogP contribution in [0.2, 0.25) is 0 Å². The lowest BCUT2D eigenvalue weighted by Gasteiger charge is -2.25. The molecule has 40 heavy (non-hydrogen) atoms.